The van der Waals surface area contributed by atoms with Gasteiger partial charge in [-0.15, -0.1) is 0 Å². The molecule has 0 heterocycles. The monoisotopic (exact) mass is 588 g/mol. The summed E-state index contributed by atoms with van der Waals surface area (Å²) in [6, 6.07) is 25.7. The summed E-state index contributed by atoms with van der Waals surface area (Å²) in [5.41, 5.74) is 5.12. The van der Waals surface area contributed by atoms with Crippen LogP contribution in [0.15, 0.2) is 107 Å². The molecule has 42 heavy (non-hydrogen) atoms. The molecule has 11 nitrogen and oxygen atoms in total. The van der Waals surface area contributed by atoms with E-state index in [1.54, 1.807) is 60.7 Å². The third-order valence-electron chi connectivity index (χ3n) is 6.09. The summed E-state index contributed by atoms with van der Waals surface area (Å²) < 4.78 is 38.8. The minimum absolute atomic E-state index is 0.0102. The number of methoxy groups -OCH3 is 1. The molecule has 4 rings (SSSR count). The molecule has 0 atom stereocenters. The Labute approximate surface area is 243 Å². The van der Waals surface area contributed by atoms with Crippen molar-refractivity contribution >= 4 is 33.5 Å². The van der Waals surface area contributed by atoms with E-state index < -0.39 is 27.4 Å². The Kier molecular flexibility index (Phi) is 9.50. The van der Waals surface area contributed by atoms with Gasteiger partial charge in [0.05, 0.1) is 28.8 Å². The zero-order valence-electron chi connectivity index (χ0n) is 22.8. The second-order valence-corrected chi connectivity index (χ2v) is 11.0. The van der Waals surface area contributed by atoms with Gasteiger partial charge in [0.2, 0.25) is 0 Å². The molecule has 0 aromatic heterocycles. The van der Waals surface area contributed by atoms with Gasteiger partial charge >= 0.3 is 0 Å². The number of amides is 1. The summed E-state index contributed by atoms with van der Waals surface area (Å²) in [7, 11) is -2.59. The van der Waals surface area contributed by atoms with Crippen LogP contribution in [-0.2, 0) is 21.4 Å². The van der Waals surface area contributed by atoms with Crippen LogP contribution in [0.1, 0.15) is 16.7 Å². The number of anilines is 1. The van der Waals surface area contributed by atoms with Crippen molar-refractivity contribution in [3.63, 3.8) is 0 Å². The number of nitro benzene ring substituents is 1. The topological polar surface area (TPSA) is 140 Å². The van der Waals surface area contributed by atoms with Crippen molar-refractivity contribution in [2.45, 2.75) is 18.4 Å². The zero-order valence-corrected chi connectivity index (χ0v) is 23.7. The number of nitro groups is 1. The number of carbonyl (C=O) groups excluding carboxylic acids is 1. The Hall–Kier alpha value is -5.23. The van der Waals surface area contributed by atoms with Crippen molar-refractivity contribution in [1.29, 1.82) is 0 Å². The highest BCUT2D eigenvalue weighted by atomic mass is 32.2. The molecule has 0 fully saturated rings. The molecule has 0 bridgehead atoms. The Morgan fingerprint density at radius 3 is 2.14 bits per heavy atom. The summed E-state index contributed by atoms with van der Waals surface area (Å²) in [6.45, 7) is 1.62. The van der Waals surface area contributed by atoms with Gasteiger partial charge in [-0.2, -0.15) is 5.10 Å². The lowest BCUT2D eigenvalue weighted by Gasteiger charge is -2.24. The van der Waals surface area contributed by atoms with Crippen LogP contribution >= 0.6 is 0 Å². The lowest BCUT2D eigenvalue weighted by atomic mass is 10.2. The molecule has 0 unspecified atom stereocenters. The standard InChI is InChI=1S/C30H28N4O7S/c1-22-3-9-25(10-4-22)33(42(38,39)29-17-15-27(40-2)16-18-29)20-30(35)32-31-19-23-7-13-28(14-8-23)41-21-24-5-11-26(12-6-24)34(36)37/h3-19H,20-21H2,1-2H3,(H,32,35)/b31-19+. The predicted octanol–water partition coefficient (Wildman–Crippen LogP) is 4.84. The number of nitrogens with one attached hydrogen (secondary N) is 1. The molecule has 0 saturated heterocycles. The van der Waals surface area contributed by atoms with Gasteiger partial charge in [-0.1, -0.05) is 17.7 Å². The maximum absolute atomic E-state index is 13.5. The van der Waals surface area contributed by atoms with Crippen LogP contribution in [0.2, 0.25) is 0 Å². The maximum atomic E-state index is 13.5. The first kappa shape index (κ1) is 29.7. The number of non-ortho nitro benzene ring substituents is 1. The highest BCUT2D eigenvalue weighted by Gasteiger charge is 2.27. The number of aryl methyl sites for hydroxylation is 1. The van der Waals surface area contributed by atoms with Gasteiger partial charge in [0, 0.05) is 12.1 Å². The van der Waals surface area contributed by atoms with Crippen LogP contribution in [0.4, 0.5) is 11.4 Å². The van der Waals surface area contributed by atoms with E-state index in [0.29, 0.717) is 22.7 Å². The molecular weight excluding hydrogens is 560 g/mol. The molecule has 4 aromatic carbocycles. The molecule has 12 heteroatoms. The normalized spacial score (nSPS) is 11.2. The van der Waals surface area contributed by atoms with Crippen LogP contribution in [0.5, 0.6) is 11.5 Å². The number of hydrogen-bond acceptors (Lipinski definition) is 8. The van der Waals surface area contributed by atoms with Crippen molar-refractivity contribution < 1.29 is 27.6 Å². The van der Waals surface area contributed by atoms with E-state index in [0.717, 1.165) is 15.4 Å². The van der Waals surface area contributed by atoms with Gasteiger partial charge in [-0.05, 0) is 90.8 Å². The average Bonchev–Trinajstić information content (AvgIpc) is 3.00. The molecule has 0 aliphatic rings. The van der Waals surface area contributed by atoms with Crippen LogP contribution in [-0.4, -0.2) is 39.1 Å². The number of ether oxygens (including phenoxy) is 2. The molecule has 0 spiro atoms. The number of sulfonamides is 1. The summed E-state index contributed by atoms with van der Waals surface area (Å²) in [6.07, 6.45) is 1.42. The van der Waals surface area contributed by atoms with Crippen LogP contribution in [0, 0.1) is 17.0 Å². The van der Waals surface area contributed by atoms with E-state index in [-0.39, 0.29) is 17.2 Å². The van der Waals surface area contributed by atoms with Gasteiger partial charge in [0.25, 0.3) is 21.6 Å². The minimum Gasteiger partial charge on any atom is -0.497 e. The maximum Gasteiger partial charge on any atom is 0.269 e. The van der Waals surface area contributed by atoms with Crippen molar-refractivity contribution in [3.8, 4) is 11.5 Å². The Balaban J connectivity index is 1.38. The van der Waals surface area contributed by atoms with Crippen molar-refractivity contribution in [2.24, 2.45) is 5.10 Å². The third-order valence-corrected chi connectivity index (χ3v) is 7.88. The summed E-state index contributed by atoms with van der Waals surface area (Å²) in [4.78, 5) is 23.1. The van der Waals surface area contributed by atoms with E-state index in [2.05, 4.69) is 10.5 Å². The number of nitrogens with zero attached hydrogens (tertiary/aromatic N) is 3. The number of carbonyl (C=O) groups is 1. The molecule has 0 radical (unpaired) electrons. The molecule has 0 aliphatic heterocycles. The Morgan fingerprint density at radius 2 is 1.55 bits per heavy atom. The summed E-state index contributed by atoms with van der Waals surface area (Å²) in [5, 5.41) is 14.7. The van der Waals surface area contributed by atoms with Crippen molar-refractivity contribution in [2.75, 3.05) is 18.0 Å². The van der Waals surface area contributed by atoms with Crippen molar-refractivity contribution in [3.05, 3.63) is 124 Å². The van der Waals surface area contributed by atoms with E-state index in [1.807, 2.05) is 6.92 Å². The largest absolute Gasteiger partial charge is 0.497 e. The fourth-order valence-electron chi connectivity index (χ4n) is 3.78. The first-order valence-corrected chi connectivity index (χ1v) is 14.1. The third kappa shape index (κ3) is 7.70. The van der Waals surface area contributed by atoms with Gasteiger partial charge in [-0.25, -0.2) is 13.8 Å². The number of benzene rings is 4. The second kappa shape index (κ2) is 13.4. The van der Waals surface area contributed by atoms with Crippen molar-refractivity contribution in [1.82, 2.24) is 5.43 Å². The Morgan fingerprint density at radius 1 is 0.929 bits per heavy atom. The van der Waals surface area contributed by atoms with E-state index in [1.165, 1.54) is 49.7 Å². The predicted molar refractivity (Wildman–Crippen MR) is 158 cm³/mol. The fourth-order valence-corrected chi connectivity index (χ4v) is 5.20. The quantitative estimate of drug-likeness (QED) is 0.142. The number of hydrazone groups is 1. The van der Waals surface area contributed by atoms with Gasteiger partial charge in [0.1, 0.15) is 24.7 Å². The van der Waals surface area contributed by atoms with E-state index in [9.17, 15) is 23.3 Å². The summed E-state index contributed by atoms with van der Waals surface area (Å²) in [5.74, 6) is 0.450. The average molecular weight is 589 g/mol. The number of rotatable bonds is 12. The van der Waals surface area contributed by atoms with Crippen LogP contribution < -0.4 is 19.2 Å². The molecule has 0 aliphatic carbocycles. The van der Waals surface area contributed by atoms with E-state index >= 15 is 0 Å². The lowest BCUT2D eigenvalue weighted by Crippen LogP contribution is -2.39. The molecule has 1 amide bonds. The van der Waals surface area contributed by atoms with Crippen LogP contribution in [0.3, 0.4) is 0 Å². The smallest absolute Gasteiger partial charge is 0.269 e. The highest BCUT2D eigenvalue weighted by Crippen LogP contribution is 2.25. The summed E-state index contributed by atoms with van der Waals surface area (Å²) >= 11 is 0. The molecule has 4 aromatic rings. The fraction of sp³-hybridized carbons (Fsp3) is 0.133. The minimum atomic E-state index is -4.08. The SMILES string of the molecule is COc1ccc(S(=O)(=O)N(CC(=O)N/N=C/c2ccc(OCc3ccc([N+](=O)[O-])cc3)cc2)c2ccc(C)cc2)cc1. The zero-order chi connectivity index (χ0) is 30.1. The molecule has 1 N–H and O–H groups in total. The lowest BCUT2D eigenvalue weighted by molar-refractivity contribution is -0.384. The van der Waals surface area contributed by atoms with Gasteiger partial charge in [-0.3, -0.25) is 19.2 Å². The molecule has 0 saturated carbocycles. The first-order valence-electron chi connectivity index (χ1n) is 12.7. The van der Waals surface area contributed by atoms with Gasteiger partial charge in [0.15, 0.2) is 0 Å². The molecular formula is C30H28N4O7S. The van der Waals surface area contributed by atoms with E-state index in [4.69, 9.17) is 9.47 Å². The first-order chi connectivity index (χ1) is 20.2. The van der Waals surface area contributed by atoms with Crippen LogP contribution in [0.25, 0.3) is 0 Å². The highest BCUT2D eigenvalue weighted by molar-refractivity contribution is 7.92. The Bertz CT molecular complexity index is 1660. The number of hydrogen-bond donors (Lipinski definition) is 1. The second-order valence-electron chi connectivity index (χ2n) is 9.10. The molecule has 216 valence electrons. The van der Waals surface area contributed by atoms with Gasteiger partial charge < -0.3 is 9.47 Å².